The van der Waals surface area contributed by atoms with Gasteiger partial charge < -0.3 is 15.0 Å². The van der Waals surface area contributed by atoms with Crippen LogP contribution in [0.2, 0.25) is 10.0 Å². The molecule has 0 aliphatic rings. The number of aromatic nitrogens is 1. The van der Waals surface area contributed by atoms with Crippen molar-refractivity contribution in [2.75, 3.05) is 5.32 Å². The number of nitrogens with zero attached hydrogens (tertiary/aromatic N) is 1. The van der Waals surface area contributed by atoms with Gasteiger partial charge in [-0.05, 0) is 24.3 Å². The maximum absolute atomic E-state index is 12.4. The fraction of sp³-hybridized carbons (Fsp3) is 0.154. The fourth-order valence-corrected chi connectivity index (χ4v) is 2.27. The van der Waals surface area contributed by atoms with Gasteiger partial charge in [-0.3, -0.25) is 4.79 Å². The fourth-order valence-electron chi connectivity index (χ4n) is 1.78. The highest BCUT2D eigenvalue weighted by Gasteiger charge is 2.16. The van der Waals surface area contributed by atoms with Crippen LogP contribution in [0, 0.1) is 0 Å². The number of hydrogen-bond donors (Lipinski definition) is 2. The molecule has 2 N–H and O–H groups in total. The Hall–Kier alpha value is -1.79. The molecule has 0 atom stereocenters. The zero-order chi connectivity index (χ0) is 15.6. The number of halogens is 4. The van der Waals surface area contributed by atoms with E-state index in [1.807, 2.05) is 0 Å². The quantitative estimate of drug-likeness (QED) is 0.830. The number of alkyl halides is 2. The third kappa shape index (κ3) is 3.65. The van der Waals surface area contributed by atoms with E-state index in [1.54, 1.807) is 0 Å². The van der Waals surface area contributed by atoms with Crippen LogP contribution in [0.5, 0.6) is 5.75 Å². The average Bonchev–Trinajstić information content (AvgIpc) is 2.82. The minimum absolute atomic E-state index is 0.00213. The third-order valence-electron chi connectivity index (χ3n) is 2.67. The molecular formula is C13H10Cl2F2N2O2. The highest BCUT2D eigenvalue weighted by molar-refractivity contribution is 6.36. The first-order chi connectivity index (χ1) is 9.88. The molecule has 21 heavy (non-hydrogen) atoms. The Balaban J connectivity index is 2.25. The molecule has 0 saturated heterocycles. The van der Waals surface area contributed by atoms with Gasteiger partial charge in [-0.15, -0.1) is 0 Å². The SMILES string of the molecule is O=C(Nc1cc(Cl)cc(Cl)c1O)c1cccn1CC(F)F. The topological polar surface area (TPSA) is 54.3 Å². The number of hydrogen-bond acceptors (Lipinski definition) is 2. The van der Waals surface area contributed by atoms with Gasteiger partial charge in [0.1, 0.15) is 5.69 Å². The number of anilines is 1. The van der Waals surface area contributed by atoms with Crippen LogP contribution in [-0.4, -0.2) is 22.0 Å². The second-order valence-corrected chi connectivity index (χ2v) is 5.02. The Morgan fingerprint density at radius 2 is 2.10 bits per heavy atom. The van der Waals surface area contributed by atoms with Gasteiger partial charge >= 0.3 is 0 Å². The summed E-state index contributed by atoms with van der Waals surface area (Å²) in [5.74, 6) is -1.00. The van der Waals surface area contributed by atoms with Crippen LogP contribution < -0.4 is 5.32 Å². The lowest BCUT2D eigenvalue weighted by molar-refractivity contribution is 0.0997. The molecule has 112 valence electrons. The molecule has 0 saturated carbocycles. The van der Waals surface area contributed by atoms with Gasteiger partial charge in [0.15, 0.2) is 5.75 Å². The number of carbonyl (C=O) groups is 1. The molecule has 1 heterocycles. The molecule has 0 radical (unpaired) electrons. The Kier molecular flexibility index (Phi) is 4.69. The van der Waals surface area contributed by atoms with Gasteiger partial charge in [-0.1, -0.05) is 23.2 Å². The summed E-state index contributed by atoms with van der Waals surface area (Å²) in [6.45, 7) is -0.599. The standard InChI is InChI=1S/C13H10Cl2F2N2O2/c14-7-4-8(15)12(20)9(5-7)18-13(21)10-2-1-3-19(10)6-11(16)17/h1-5,11,20H,6H2,(H,18,21). The zero-order valence-corrected chi connectivity index (χ0v) is 12.0. The molecule has 0 aliphatic heterocycles. The number of benzene rings is 1. The van der Waals surface area contributed by atoms with Crippen molar-refractivity contribution >= 4 is 34.8 Å². The zero-order valence-electron chi connectivity index (χ0n) is 10.5. The molecule has 0 unspecified atom stereocenters. The molecule has 0 fully saturated rings. The van der Waals surface area contributed by atoms with E-state index < -0.39 is 18.9 Å². The number of rotatable bonds is 4. The van der Waals surface area contributed by atoms with E-state index in [1.165, 1.54) is 30.5 Å². The van der Waals surface area contributed by atoms with Gasteiger partial charge in [-0.2, -0.15) is 0 Å². The Morgan fingerprint density at radius 3 is 2.76 bits per heavy atom. The van der Waals surface area contributed by atoms with Gasteiger partial charge in [0, 0.05) is 11.2 Å². The normalized spacial score (nSPS) is 10.9. The van der Waals surface area contributed by atoms with Crippen molar-refractivity contribution < 1.29 is 18.7 Å². The molecular weight excluding hydrogens is 325 g/mol. The number of aromatic hydroxyl groups is 1. The van der Waals surface area contributed by atoms with E-state index in [9.17, 15) is 18.7 Å². The molecule has 0 bridgehead atoms. The first-order valence-corrected chi connectivity index (χ1v) is 6.56. The average molecular weight is 335 g/mol. The van der Waals surface area contributed by atoms with E-state index in [0.717, 1.165) is 4.57 Å². The molecule has 1 aromatic heterocycles. The minimum atomic E-state index is -2.59. The number of nitrogens with one attached hydrogen (secondary N) is 1. The van der Waals surface area contributed by atoms with Gasteiger partial charge in [0.05, 0.1) is 17.3 Å². The summed E-state index contributed by atoms with van der Waals surface area (Å²) in [6.07, 6.45) is -1.22. The molecule has 2 rings (SSSR count). The van der Waals surface area contributed by atoms with Crippen molar-refractivity contribution in [1.82, 2.24) is 4.57 Å². The molecule has 8 heteroatoms. The number of carbonyl (C=O) groups excluding carboxylic acids is 1. The van der Waals surface area contributed by atoms with Crippen LogP contribution in [0.3, 0.4) is 0 Å². The van der Waals surface area contributed by atoms with E-state index in [-0.39, 0.29) is 27.2 Å². The Bertz CT molecular complexity index is 674. The molecule has 0 spiro atoms. The van der Waals surface area contributed by atoms with Crippen LogP contribution in [0.15, 0.2) is 30.5 Å². The van der Waals surface area contributed by atoms with Gasteiger partial charge in [0.25, 0.3) is 12.3 Å². The molecule has 4 nitrogen and oxygen atoms in total. The third-order valence-corrected chi connectivity index (χ3v) is 3.18. The summed E-state index contributed by atoms with van der Waals surface area (Å²) in [4.78, 5) is 12.1. The summed E-state index contributed by atoms with van der Waals surface area (Å²) >= 11 is 11.5. The second-order valence-electron chi connectivity index (χ2n) is 4.17. The van der Waals surface area contributed by atoms with Crippen molar-refractivity contribution in [3.8, 4) is 5.75 Å². The van der Waals surface area contributed by atoms with E-state index in [4.69, 9.17) is 23.2 Å². The maximum Gasteiger partial charge on any atom is 0.272 e. The predicted molar refractivity (Wildman–Crippen MR) is 76.5 cm³/mol. The smallest absolute Gasteiger partial charge is 0.272 e. The van der Waals surface area contributed by atoms with Crippen molar-refractivity contribution in [2.24, 2.45) is 0 Å². The van der Waals surface area contributed by atoms with Crippen LogP contribution in [0.25, 0.3) is 0 Å². The first-order valence-electron chi connectivity index (χ1n) is 5.81. The second kappa shape index (κ2) is 6.32. The number of phenols is 1. The molecule has 2 aromatic rings. The molecule has 1 amide bonds. The summed E-state index contributed by atoms with van der Waals surface area (Å²) < 4.78 is 25.9. The summed E-state index contributed by atoms with van der Waals surface area (Å²) in [5.41, 5.74) is 0.0353. The number of phenolic OH excluding ortho intramolecular Hbond substituents is 1. The van der Waals surface area contributed by atoms with Crippen molar-refractivity contribution in [1.29, 1.82) is 0 Å². The lowest BCUT2D eigenvalue weighted by Crippen LogP contribution is -2.19. The maximum atomic E-state index is 12.4. The summed E-state index contributed by atoms with van der Waals surface area (Å²) in [5, 5.41) is 12.3. The predicted octanol–water partition coefficient (Wildman–Crippen LogP) is 4.02. The highest BCUT2D eigenvalue weighted by atomic mass is 35.5. The van der Waals surface area contributed by atoms with Crippen LogP contribution in [0.4, 0.5) is 14.5 Å². The lowest BCUT2D eigenvalue weighted by atomic mass is 10.2. The molecule has 1 aromatic carbocycles. The van der Waals surface area contributed by atoms with Gasteiger partial charge in [-0.25, -0.2) is 8.78 Å². The summed E-state index contributed by atoms with van der Waals surface area (Å²) in [7, 11) is 0. The first kappa shape index (κ1) is 15.6. The van der Waals surface area contributed by atoms with Crippen molar-refractivity contribution in [3.05, 3.63) is 46.2 Å². The lowest BCUT2D eigenvalue weighted by Gasteiger charge is -2.11. The van der Waals surface area contributed by atoms with Crippen LogP contribution in [-0.2, 0) is 6.54 Å². The van der Waals surface area contributed by atoms with Gasteiger partial charge in [0.2, 0.25) is 0 Å². The van der Waals surface area contributed by atoms with Crippen LogP contribution >= 0.6 is 23.2 Å². The minimum Gasteiger partial charge on any atom is -0.504 e. The van der Waals surface area contributed by atoms with E-state index in [0.29, 0.717) is 0 Å². The van der Waals surface area contributed by atoms with Crippen LogP contribution in [0.1, 0.15) is 10.5 Å². The highest BCUT2D eigenvalue weighted by Crippen LogP contribution is 2.35. The monoisotopic (exact) mass is 334 g/mol. The Labute approximate surface area is 128 Å². The van der Waals surface area contributed by atoms with Crippen molar-refractivity contribution in [3.63, 3.8) is 0 Å². The van der Waals surface area contributed by atoms with E-state index in [2.05, 4.69) is 5.32 Å². The van der Waals surface area contributed by atoms with Crippen molar-refractivity contribution in [2.45, 2.75) is 13.0 Å². The van der Waals surface area contributed by atoms with E-state index >= 15 is 0 Å². The molecule has 0 aliphatic carbocycles. The summed E-state index contributed by atoms with van der Waals surface area (Å²) in [6, 6.07) is 5.48. The largest absolute Gasteiger partial charge is 0.504 e. The Morgan fingerprint density at radius 1 is 1.38 bits per heavy atom. The number of amides is 1.